The highest BCUT2D eigenvalue weighted by atomic mass is 35.5. The predicted molar refractivity (Wildman–Crippen MR) is 88.6 cm³/mol. The maximum Gasteiger partial charge on any atom is 0.252 e. The van der Waals surface area contributed by atoms with E-state index in [2.05, 4.69) is 25.8 Å². The van der Waals surface area contributed by atoms with E-state index in [1.165, 1.54) is 0 Å². The topological polar surface area (TPSA) is 82.7 Å². The molecule has 2 rings (SSSR count). The van der Waals surface area contributed by atoms with Crippen molar-refractivity contribution in [2.24, 2.45) is 0 Å². The molecule has 0 spiro atoms. The highest BCUT2D eigenvalue weighted by molar-refractivity contribution is 5.97. The zero-order valence-electron chi connectivity index (χ0n) is 12.3. The second-order valence-electron chi connectivity index (χ2n) is 4.61. The number of halogens is 2. The number of carbonyl (C=O) groups excluding carboxylic acids is 1. The number of pyridine rings is 1. The lowest BCUT2D eigenvalue weighted by Gasteiger charge is -2.13. The molecule has 6 nitrogen and oxygen atoms in total. The number of carbonyl (C=O) groups is 1. The van der Waals surface area contributed by atoms with Crippen LogP contribution >= 0.6 is 24.8 Å². The van der Waals surface area contributed by atoms with Crippen LogP contribution in [0.15, 0.2) is 12.3 Å². The molecule has 2 heterocycles. The van der Waals surface area contributed by atoms with Crippen LogP contribution in [0.2, 0.25) is 0 Å². The van der Waals surface area contributed by atoms with Crippen molar-refractivity contribution >= 4 is 41.8 Å². The summed E-state index contributed by atoms with van der Waals surface area (Å²) in [6, 6.07) is 2.07. The average Bonchev–Trinajstić information content (AvgIpc) is 2.78. The fourth-order valence-electron chi connectivity index (χ4n) is 1.91. The summed E-state index contributed by atoms with van der Waals surface area (Å²) in [7, 11) is 0. The predicted octanol–water partition coefficient (Wildman–Crippen LogP) is 1.84. The van der Waals surface area contributed by atoms with Crippen LogP contribution in [0.4, 0.5) is 0 Å². The first-order valence-electron chi connectivity index (χ1n) is 6.44. The normalized spacial score (nSPS) is 11.4. The Hall–Kier alpha value is -1.37. The Morgan fingerprint density at radius 3 is 2.81 bits per heavy atom. The lowest BCUT2D eigenvalue weighted by molar-refractivity contribution is 0.0950. The van der Waals surface area contributed by atoms with E-state index in [4.69, 9.17) is 0 Å². The molecular weight excluding hydrogens is 313 g/mol. The minimum atomic E-state index is -0.111. The molecule has 1 atom stereocenters. The summed E-state index contributed by atoms with van der Waals surface area (Å²) in [5.41, 5.74) is 2.11. The molecule has 21 heavy (non-hydrogen) atoms. The van der Waals surface area contributed by atoms with Crippen LogP contribution in [0.3, 0.4) is 0 Å². The SMILES string of the molecule is CCN[C@H](C)CNC(=O)c1cnc2n[nH]c(C)c2c1.Cl.Cl. The molecule has 118 valence electrons. The molecule has 0 saturated carbocycles. The van der Waals surface area contributed by atoms with Crippen LogP contribution in [0.1, 0.15) is 29.9 Å². The van der Waals surface area contributed by atoms with E-state index < -0.39 is 0 Å². The van der Waals surface area contributed by atoms with Gasteiger partial charge in [-0.05, 0) is 26.5 Å². The molecule has 0 aliphatic carbocycles. The summed E-state index contributed by atoms with van der Waals surface area (Å²) in [5, 5.41) is 13.9. The van der Waals surface area contributed by atoms with Crippen LogP contribution in [0, 0.1) is 6.92 Å². The van der Waals surface area contributed by atoms with Crippen LogP contribution in [0.5, 0.6) is 0 Å². The van der Waals surface area contributed by atoms with Crippen molar-refractivity contribution in [3.63, 3.8) is 0 Å². The lowest BCUT2D eigenvalue weighted by Crippen LogP contribution is -2.38. The van der Waals surface area contributed by atoms with E-state index in [1.807, 2.05) is 26.8 Å². The highest BCUT2D eigenvalue weighted by Gasteiger charge is 2.10. The maximum absolute atomic E-state index is 12.0. The Bertz CT molecular complexity index is 587. The Morgan fingerprint density at radius 1 is 1.43 bits per heavy atom. The molecule has 2 aromatic rings. The Labute approximate surface area is 136 Å². The number of hydrogen-bond donors (Lipinski definition) is 3. The number of H-pyrrole nitrogens is 1. The fourth-order valence-corrected chi connectivity index (χ4v) is 1.91. The van der Waals surface area contributed by atoms with Crippen molar-refractivity contribution in [3.05, 3.63) is 23.5 Å². The largest absolute Gasteiger partial charge is 0.350 e. The van der Waals surface area contributed by atoms with Crippen LogP contribution < -0.4 is 10.6 Å². The van der Waals surface area contributed by atoms with Crippen LogP contribution in [-0.4, -0.2) is 40.2 Å². The maximum atomic E-state index is 12.0. The van der Waals surface area contributed by atoms with Crippen molar-refractivity contribution in [2.45, 2.75) is 26.8 Å². The first-order valence-corrected chi connectivity index (χ1v) is 6.44. The van der Waals surface area contributed by atoms with Gasteiger partial charge in [0.25, 0.3) is 5.91 Å². The van der Waals surface area contributed by atoms with Crippen molar-refractivity contribution in [3.8, 4) is 0 Å². The zero-order chi connectivity index (χ0) is 13.8. The molecule has 3 N–H and O–H groups in total. The first kappa shape index (κ1) is 19.6. The number of aromatic nitrogens is 3. The lowest BCUT2D eigenvalue weighted by atomic mass is 10.2. The average molecular weight is 334 g/mol. The smallest absolute Gasteiger partial charge is 0.252 e. The quantitative estimate of drug-likeness (QED) is 0.779. The monoisotopic (exact) mass is 333 g/mol. The third-order valence-electron chi connectivity index (χ3n) is 2.98. The Kier molecular flexibility index (Phi) is 8.24. The molecule has 0 bridgehead atoms. The first-order chi connectivity index (χ1) is 9.11. The second kappa shape index (κ2) is 8.81. The summed E-state index contributed by atoms with van der Waals surface area (Å²) in [6.45, 7) is 7.46. The summed E-state index contributed by atoms with van der Waals surface area (Å²) < 4.78 is 0. The number of aryl methyl sites for hydroxylation is 1. The van der Waals surface area contributed by atoms with Gasteiger partial charge in [0, 0.05) is 29.9 Å². The van der Waals surface area contributed by atoms with Crippen molar-refractivity contribution < 1.29 is 4.79 Å². The molecule has 0 fully saturated rings. The summed E-state index contributed by atoms with van der Waals surface area (Å²) in [6.07, 6.45) is 1.55. The van der Waals surface area contributed by atoms with E-state index in [0.717, 1.165) is 17.6 Å². The van der Waals surface area contributed by atoms with Gasteiger partial charge in [0.15, 0.2) is 5.65 Å². The van der Waals surface area contributed by atoms with Gasteiger partial charge in [0.1, 0.15) is 0 Å². The number of nitrogens with one attached hydrogen (secondary N) is 3. The zero-order valence-corrected chi connectivity index (χ0v) is 13.9. The van der Waals surface area contributed by atoms with E-state index in [-0.39, 0.29) is 36.8 Å². The van der Waals surface area contributed by atoms with Crippen molar-refractivity contribution in [2.75, 3.05) is 13.1 Å². The van der Waals surface area contributed by atoms with Crippen LogP contribution in [0.25, 0.3) is 11.0 Å². The molecule has 0 aliphatic rings. The number of aromatic amines is 1. The highest BCUT2D eigenvalue weighted by Crippen LogP contribution is 2.14. The molecule has 0 unspecified atom stereocenters. The number of likely N-dealkylation sites (N-methyl/N-ethyl adjacent to an activating group) is 1. The third kappa shape index (κ3) is 4.84. The molecule has 0 saturated heterocycles. The minimum Gasteiger partial charge on any atom is -0.350 e. The van der Waals surface area contributed by atoms with E-state index >= 15 is 0 Å². The second-order valence-corrected chi connectivity index (χ2v) is 4.61. The van der Waals surface area contributed by atoms with Gasteiger partial charge >= 0.3 is 0 Å². The molecule has 0 aromatic carbocycles. The van der Waals surface area contributed by atoms with Gasteiger partial charge in [-0.3, -0.25) is 9.89 Å². The standard InChI is InChI=1S/C13H19N5O.2ClH/c1-4-14-8(2)6-16-13(19)10-5-11-9(3)17-18-12(11)15-7-10;;/h5,7-8,14H,4,6H2,1-3H3,(H,16,19)(H,15,17,18);2*1H/t8-;;/m1../s1. The Morgan fingerprint density at radius 2 is 2.14 bits per heavy atom. The summed E-state index contributed by atoms with van der Waals surface area (Å²) in [5.74, 6) is -0.111. The Balaban J connectivity index is 0.00000200. The van der Waals surface area contributed by atoms with Crippen molar-refractivity contribution in [1.82, 2.24) is 25.8 Å². The molecule has 8 heteroatoms. The third-order valence-corrected chi connectivity index (χ3v) is 2.98. The van der Waals surface area contributed by atoms with Gasteiger partial charge in [0.05, 0.1) is 5.56 Å². The van der Waals surface area contributed by atoms with E-state index in [0.29, 0.717) is 17.8 Å². The fraction of sp³-hybridized carbons (Fsp3) is 0.462. The number of fused-ring (bicyclic) bond motifs is 1. The molecule has 1 amide bonds. The molecule has 2 aromatic heterocycles. The van der Waals surface area contributed by atoms with Gasteiger partial charge in [-0.2, -0.15) is 5.10 Å². The molecule has 0 radical (unpaired) electrons. The van der Waals surface area contributed by atoms with Gasteiger partial charge in [0.2, 0.25) is 0 Å². The number of nitrogens with zero attached hydrogens (tertiary/aromatic N) is 2. The van der Waals surface area contributed by atoms with E-state index in [9.17, 15) is 4.79 Å². The van der Waals surface area contributed by atoms with Crippen molar-refractivity contribution in [1.29, 1.82) is 0 Å². The molecule has 0 aliphatic heterocycles. The number of amides is 1. The number of hydrogen-bond acceptors (Lipinski definition) is 4. The number of rotatable bonds is 5. The van der Waals surface area contributed by atoms with Gasteiger partial charge < -0.3 is 10.6 Å². The summed E-state index contributed by atoms with van der Waals surface area (Å²) >= 11 is 0. The minimum absolute atomic E-state index is 0. The molecular formula is C13H21Cl2N5O. The van der Waals surface area contributed by atoms with E-state index in [1.54, 1.807) is 6.20 Å². The van der Waals surface area contributed by atoms with Crippen LogP contribution in [-0.2, 0) is 0 Å². The van der Waals surface area contributed by atoms with Gasteiger partial charge in [-0.1, -0.05) is 6.92 Å². The van der Waals surface area contributed by atoms with Gasteiger partial charge in [-0.25, -0.2) is 4.98 Å². The summed E-state index contributed by atoms with van der Waals surface area (Å²) in [4.78, 5) is 16.2. The van der Waals surface area contributed by atoms with Gasteiger partial charge in [-0.15, -0.1) is 24.8 Å².